The van der Waals surface area contributed by atoms with E-state index in [4.69, 9.17) is 9.15 Å². The van der Waals surface area contributed by atoms with Crippen molar-refractivity contribution in [3.63, 3.8) is 0 Å². The summed E-state index contributed by atoms with van der Waals surface area (Å²) in [4.78, 5) is 16.5. The zero-order chi connectivity index (χ0) is 16.8. The summed E-state index contributed by atoms with van der Waals surface area (Å²) >= 11 is 0. The molecule has 1 unspecified atom stereocenters. The number of hydrogen-bond acceptors (Lipinski definition) is 5. The molecule has 1 fully saturated rings. The summed E-state index contributed by atoms with van der Waals surface area (Å²) in [6.45, 7) is 2.08. The van der Waals surface area contributed by atoms with Crippen LogP contribution in [0.2, 0.25) is 0 Å². The smallest absolute Gasteiger partial charge is 0.249 e. The molecule has 0 radical (unpaired) electrons. The van der Waals surface area contributed by atoms with Crippen molar-refractivity contribution in [3.8, 4) is 11.6 Å². The number of ether oxygens (including phenoxy) is 1. The van der Waals surface area contributed by atoms with Gasteiger partial charge in [0.15, 0.2) is 5.76 Å². The topological polar surface area (TPSA) is 93.0 Å². The zero-order valence-corrected chi connectivity index (χ0v) is 14.0. The molecule has 0 aromatic carbocycles. The van der Waals surface area contributed by atoms with E-state index in [0.29, 0.717) is 17.4 Å². The van der Waals surface area contributed by atoms with E-state index >= 15 is 0 Å². The highest BCUT2D eigenvalue weighted by Crippen LogP contribution is 2.21. The van der Waals surface area contributed by atoms with E-state index in [1.165, 1.54) is 25.7 Å². The highest BCUT2D eigenvalue weighted by atomic mass is 16.5. The van der Waals surface area contributed by atoms with Crippen LogP contribution >= 0.6 is 0 Å². The number of H-pyrrole nitrogens is 1. The predicted molar refractivity (Wildman–Crippen MR) is 88.0 cm³/mol. The number of nitrogens with one attached hydrogen (secondary N) is 2. The Hall–Kier alpha value is -2.15. The van der Waals surface area contributed by atoms with Crippen LogP contribution in [-0.4, -0.2) is 33.3 Å². The molecule has 7 heteroatoms. The van der Waals surface area contributed by atoms with Crippen molar-refractivity contribution in [2.75, 3.05) is 0 Å². The average Bonchev–Trinajstić information content (AvgIpc) is 3.21. The highest BCUT2D eigenvalue weighted by molar-refractivity contribution is 5.80. The first kappa shape index (κ1) is 16.7. The number of rotatable bonds is 6. The molecule has 0 bridgehead atoms. The van der Waals surface area contributed by atoms with Gasteiger partial charge in [-0.05, 0) is 31.9 Å². The normalized spacial score (nSPS) is 17.4. The molecule has 1 aliphatic rings. The molecule has 3 rings (SSSR count). The van der Waals surface area contributed by atoms with E-state index in [1.54, 1.807) is 25.3 Å². The molecule has 2 N–H and O–H groups in total. The van der Waals surface area contributed by atoms with E-state index in [-0.39, 0.29) is 18.6 Å². The molecule has 0 spiro atoms. The third-order valence-electron chi connectivity index (χ3n) is 4.27. The number of aromatic amines is 1. The van der Waals surface area contributed by atoms with E-state index in [9.17, 15) is 4.79 Å². The van der Waals surface area contributed by atoms with Crippen LogP contribution in [-0.2, 0) is 16.1 Å². The van der Waals surface area contributed by atoms with E-state index in [0.717, 1.165) is 12.8 Å². The SMILES string of the molecule is CC(OC1CCCCCC1)C(=O)NCc1nc(-c2ccco2)n[nH]1. The van der Waals surface area contributed by atoms with Gasteiger partial charge in [-0.2, -0.15) is 0 Å². The summed E-state index contributed by atoms with van der Waals surface area (Å²) in [7, 11) is 0. The van der Waals surface area contributed by atoms with E-state index in [2.05, 4.69) is 20.5 Å². The molecular weight excluding hydrogens is 308 g/mol. The highest BCUT2D eigenvalue weighted by Gasteiger charge is 2.20. The number of carbonyl (C=O) groups is 1. The first-order chi connectivity index (χ1) is 11.7. The second-order valence-electron chi connectivity index (χ2n) is 6.19. The van der Waals surface area contributed by atoms with Crippen LogP contribution in [0.5, 0.6) is 0 Å². The Balaban J connectivity index is 1.46. The minimum Gasteiger partial charge on any atom is -0.461 e. The largest absolute Gasteiger partial charge is 0.461 e. The Labute approximate surface area is 141 Å². The van der Waals surface area contributed by atoms with Crippen LogP contribution in [0.1, 0.15) is 51.3 Å². The van der Waals surface area contributed by atoms with Gasteiger partial charge in [-0.3, -0.25) is 9.89 Å². The quantitative estimate of drug-likeness (QED) is 0.793. The fourth-order valence-corrected chi connectivity index (χ4v) is 2.93. The molecule has 0 aliphatic heterocycles. The Morgan fingerprint density at radius 1 is 1.42 bits per heavy atom. The summed E-state index contributed by atoms with van der Waals surface area (Å²) in [6.07, 6.45) is 8.32. The van der Waals surface area contributed by atoms with Crippen LogP contribution in [0, 0.1) is 0 Å². The molecule has 1 aliphatic carbocycles. The maximum Gasteiger partial charge on any atom is 0.249 e. The maximum absolute atomic E-state index is 12.2. The number of amides is 1. The summed E-state index contributed by atoms with van der Waals surface area (Å²) < 4.78 is 11.2. The van der Waals surface area contributed by atoms with E-state index in [1.807, 2.05) is 0 Å². The lowest BCUT2D eigenvalue weighted by Crippen LogP contribution is -2.36. The van der Waals surface area contributed by atoms with Gasteiger partial charge in [0, 0.05) is 0 Å². The van der Waals surface area contributed by atoms with Crippen LogP contribution in [0.4, 0.5) is 0 Å². The monoisotopic (exact) mass is 332 g/mol. The molecule has 2 aromatic rings. The number of nitrogens with zero attached hydrogens (tertiary/aromatic N) is 2. The second kappa shape index (κ2) is 8.10. The molecule has 2 heterocycles. The Morgan fingerprint density at radius 2 is 2.21 bits per heavy atom. The number of hydrogen-bond donors (Lipinski definition) is 2. The Kier molecular flexibility index (Phi) is 5.63. The minimum atomic E-state index is -0.458. The molecule has 1 atom stereocenters. The summed E-state index contributed by atoms with van der Waals surface area (Å²) in [6, 6.07) is 3.56. The predicted octanol–water partition coefficient (Wildman–Crippen LogP) is 2.81. The average molecular weight is 332 g/mol. The molecule has 0 saturated heterocycles. The van der Waals surface area contributed by atoms with Crippen molar-refractivity contribution in [1.82, 2.24) is 20.5 Å². The van der Waals surface area contributed by atoms with Crippen molar-refractivity contribution in [1.29, 1.82) is 0 Å². The van der Waals surface area contributed by atoms with Crippen LogP contribution < -0.4 is 5.32 Å². The first-order valence-electron chi connectivity index (χ1n) is 8.60. The van der Waals surface area contributed by atoms with Gasteiger partial charge in [-0.25, -0.2) is 4.98 Å². The van der Waals surface area contributed by atoms with Gasteiger partial charge in [-0.15, -0.1) is 5.10 Å². The molecule has 1 amide bonds. The van der Waals surface area contributed by atoms with Crippen molar-refractivity contribution in [2.24, 2.45) is 0 Å². The summed E-state index contributed by atoms with van der Waals surface area (Å²) in [5, 5.41) is 9.71. The van der Waals surface area contributed by atoms with E-state index < -0.39 is 6.10 Å². The van der Waals surface area contributed by atoms with Gasteiger partial charge < -0.3 is 14.5 Å². The fourth-order valence-electron chi connectivity index (χ4n) is 2.93. The van der Waals surface area contributed by atoms with Gasteiger partial charge in [0.05, 0.1) is 18.9 Å². The minimum absolute atomic E-state index is 0.129. The third-order valence-corrected chi connectivity index (χ3v) is 4.27. The fraction of sp³-hybridized carbons (Fsp3) is 0.588. The lowest BCUT2D eigenvalue weighted by Gasteiger charge is -2.20. The Morgan fingerprint density at radius 3 is 2.92 bits per heavy atom. The lowest BCUT2D eigenvalue weighted by molar-refractivity contribution is -0.136. The molecule has 130 valence electrons. The van der Waals surface area contributed by atoms with Crippen LogP contribution in [0.25, 0.3) is 11.6 Å². The molecule has 2 aromatic heterocycles. The first-order valence-corrected chi connectivity index (χ1v) is 8.60. The second-order valence-corrected chi connectivity index (χ2v) is 6.19. The molecular formula is C17H24N4O3. The van der Waals surface area contributed by atoms with Crippen molar-refractivity contribution in [3.05, 3.63) is 24.2 Å². The molecule has 24 heavy (non-hydrogen) atoms. The standard InChI is InChI=1S/C17H24N4O3/c1-12(24-13-7-4-2-3-5-8-13)17(22)18-11-15-19-16(21-20-15)14-9-6-10-23-14/h6,9-10,12-13H,2-5,7-8,11H2,1H3,(H,18,22)(H,19,20,21). The van der Waals surface area contributed by atoms with Gasteiger partial charge >= 0.3 is 0 Å². The van der Waals surface area contributed by atoms with Gasteiger partial charge in [0.25, 0.3) is 0 Å². The van der Waals surface area contributed by atoms with Crippen LogP contribution in [0.3, 0.4) is 0 Å². The third kappa shape index (κ3) is 4.44. The number of aromatic nitrogens is 3. The lowest BCUT2D eigenvalue weighted by atomic mass is 10.1. The molecule has 7 nitrogen and oxygen atoms in total. The van der Waals surface area contributed by atoms with Crippen molar-refractivity contribution >= 4 is 5.91 Å². The van der Waals surface area contributed by atoms with Gasteiger partial charge in [0.1, 0.15) is 11.9 Å². The summed E-state index contributed by atoms with van der Waals surface area (Å²) in [5.41, 5.74) is 0. The summed E-state index contributed by atoms with van der Waals surface area (Å²) in [5.74, 6) is 1.52. The number of furan rings is 1. The zero-order valence-electron chi connectivity index (χ0n) is 14.0. The van der Waals surface area contributed by atoms with Crippen molar-refractivity contribution in [2.45, 2.75) is 64.2 Å². The molecule has 1 saturated carbocycles. The van der Waals surface area contributed by atoms with Crippen molar-refractivity contribution < 1.29 is 13.9 Å². The number of carbonyl (C=O) groups excluding carboxylic acids is 1. The van der Waals surface area contributed by atoms with Gasteiger partial charge in [0.2, 0.25) is 11.7 Å². The van der Waals surface area contributed by atoms with Gasteiger partial charge in [-0.1, -0.05) is 25.7 Å². The Bertz CT molecular complexity index is 630. The maximum atomic E-state index is 12.2. The van der Waals surface area contributed by atoms with Crippen LogP contribution in [0.15, 0.2) is 22.8 Å².